The number of rotatable bonds is 4. The van der Waals surface area contributed by atoms with Crippen molar-refractivity contribution in [2.45, 2.75) is 38.7 Å². The Morgan fingerprint density at radius 2 is 2.25 bits per heavy atom. The minimum absolute atomic E-state index is 0.178. The van der Waals surface area contributed by atoms with Gasteiger partial charge in [-0.2, -0.15) is 0 Å². The van der Waals surface area contributed by atoms with Crippen LogP contribution in [0.2, 0.25) is 0 Å². The van der Waals surface area contributed by atoms with Gasteiger partial charge in [-0.25, -0.2) is 0 Å². The van der Waals surface area contributed by atoms with E-state index in [4.69, 9.17) is 10.5 Å². The van der Waals surface area contributed by atoms with Gasteiger partial charge in [-0.15, -0.1) is 0 Å². The fourth-order valence-corrected chi connectivity index (χ4v) is 1.56. The van der Waals surface area contributed by atoms with Gasteiger partial charge in [-0.3, -0.25) is 9.78 Å². The van der Waals surface area contributed by atoms with Crippen molar-refractivity contribution in [1.82, 2.24) is 4.98 Å². The van der Waals surface area contributed by atoms with Crippen molar-refractivity contribution in [2.75, 3.05) is 0 Å². The average Bonchev–Trinajstić information content (AvgIpc) is 3.01. The van der Waals surface area contributed by atoms with Crippen LogP contribution in [0.1, 0.15) is 48.7 Å². The van der Waals surface area contributed by atoms with Crippen molar-refractivity contribution in [3.8, 4) is 5.75 Å². The van der Waals surface area contributed by atoms with E-state index in [-0.39, 0.29) is 5.92 Å². The Labute approximate surface area is 94.8 Å². The van der Waals surface area contributed by atoms with Crippen LogP contribution in [0.25, 0.3) is 0 Å². The first-order valence-corrected chi connectivity index (χ1v) is 5.54. The van der Waals surface area contributed by atoms with Crippen LogP contribution in [0.3, 0.4) is 0 Å². The van der Waals surface area contributed by atoms with Gasteiger partial charge in [0.15, 0.2) is 0 Å². The molecule has 0 aromatic carbocycles. The molecule has 2 N–H and O–H groups in total. The Kier molecular flexibility index (Phi) is 2.81. The summed E-state index contributed by atoms with van der Waals surface area (Å²) in [5, 5.41) is 0. The molecule has 0 saturated heterocycles. The van der Waals surface area contributed by atoms with E-state index in [2.05, 4.69) is 4.98 Å². The number of hydrogen-bond donors (Lipinski definition) is 1. The summed E-state index contributed by atoms with van der Waals surface area (Å²) in [6.07, 6.45) is 4.13. The number of aromatic nitrogens is 1. The molecule has 0 unspecified atom stereocenters. The van der Waals surface area contributed by atoms with Crippen molar-refractivity contribution in [3.05, 3.63) is 23.5 Å². The van der Waals surface area contributed by atoms with Crippen molar-refractivity contribution in [2.24, 2.45) is 5.73 Å². The first-order valence-electron chi connectivity index (χ1n) is 5.54. The molecule has 0 bridgehead atoms. The van der Waals surface area contributed by atoms with Crippen LogP contribution >= 0.6 is 0 Å². The van der Waals surface area contributed by atoms with E-state index in [1.165, 1.54) is 0 Å². The first-order chi connectivity index (χ1) is 7.58. The highest BCUT2D eigenvalue weighted by Gasteiger charge is 2.24. The van der Waals surface area contributed by atoms with Crippen LogP contribution in [0.15, 0.2) is 12.3 Å². The zero-order valence-corrected chi connectivity index (χ0v) is 9.56. The fourth-order valence-electron chi connectivity index (χ4n) is 1.56. The summed E-state index contributed by atoms with van der Waals surface area (Å²) in [4.78, 5) is 15.6. The van der Waals surface area contributed by atoms with Gasteiger partial charge in [0, 0.05) is 0 Å². The molecule has 86 valence electrons. The average molecular weight is 220 g/mol. The molecular formula is C12H16N2O2. The molecule has 1 saturated carbocycles. The van der Waals surface area contributed by atoms with Crippen LogP contribution in [0, 0.1) is 0 Å². The Morgan fingerprint density at radius 3 is 2.75 bits per heavy atom. The minimum atomic E-state index is -0.447. The highest BCUT2D eigenvalue weighted by atomic mass is 16.5. The molecule has 1 aliphatic carbocycles. The van der Waals surface area contributed by atoms with Crippen molar-refractivity contribution in [1.29, 1.82) is 0 Å². The third-order valence-corrected chi connectivity index (χ3v) is 2.53. The lowest BCUT2D eigenvalue weighted by Gasteiger charge is -2.11. The molecule has 1 aromatic heterocycles. The van der Waals surface area contributed by atoms with Crippen LogP contribution < -0.4 is 10.5 Å². The van der Waals surface area contributed by atoms with E-state index in [1.807, 2.05) is 13.8 Å². The van der Waals surface area contributed by atoms with Gasteiger partial charge in [0.25, 0.3) is 5.91 Å². The molecule has 1 heterocycles. The molecule has 0 radical (unpaired) electrons. The minimum Gasteiger partial charge on any atom is -0.489 e. The number of nitrogens with zero attached hydrogens (tertiary/aromatic N) is 1. The monoisotopic (exact) mass is 220 g/mol. The zero-order valence-electron chi connectivity index (χ0n) is 9.56. The summed E-state index contributed by atoms with van der Waals surface area (Å²) in [6.45, 7) is 3.96. The van der Waals surface area contributed by atoms with Crippen LogP contribution in [-0.2, 0) is 0 Å². The number of pyridine rings is 1. The molecule has 1 aliphatic rings. The topological polar surface area (TPSA) is 65.2 Å². The predicted octanol–water partition coefficient (Wildman–Crippen LogP) is 1.85. The Bertz CT molecular complexity index is 411. The summed E-state index contributed by atoms with van der Waals surface area (Å²) >= 11 is 0. The van der Waals surface area contributed by atoms with Crippen molar-refractivity contribution in [3.63, 3.8) is 0 Å². The van der Waals surface area contributed by atoms with Gasteiger partial charge < -0.3 is 10.5 Å². The number of primary amides is 1. The van der Waals surface area contributed by atoms with Gasteiger partial charge in [-0.05, 0) is 24.8 Å². The second-order valence-corrected chi connectivity index (χ2v) is 4.44. The standard InChI is InChI=1S/C12H16N2O2/c1-7(2)11-10(12(13)15)5-9(6-14-11)16-8-3-4-8/h5-8H,3-4H2,1-2H3,(H2,13,15). The number of amides is 1. The summed E-state index contributed by atoms with van der Waals surface area (Å²) in [6, 6.07) is 1.70. The Morgan fingerprint density at radius 1 is 1.56 bits per heavy atom. The second kappa shape index (κ2) is 4.12. The number of ether oxygens (including phenoxy) is 1. The Hall–Kier alpha value is -1.58. The summed E-state index contributed by atoms with van der Waals surface area (Å²) in [7, 11) is 0. The molecule has 1 amide bonds. The second-order valence-electron chi connectivity index (χ2n) is 4.44. The number of carbonyl (C=O) groups excluding carboxylic acids is 1. The van der Waals surface area contributed by atoms with E-state index in [1.54, 1.807) is 12.3 Å². The lowest BCUT2D eigenvalue weighted by molar-refractivity contribution is 0.0998. The highest BCUT2D eigenvalue weighted by molar-refractivity contribution is 5.94. The van der Waals surface area contributed by atoms with Gasteiger partial charge in [0.05, 0.1) is 23.6 Å². The van der Waals surface area contributed by atoms with Crippen LogP contribution in [0.4, 0.5) is 0 Å². The number of hydrogen-bond acceptors (Lipinski definition) is 3. The summed E-state index contributed by atoms with van der Waals surface area (Å²) in [5.74, 6) is 0.371. The molecule has 4 nitrogen and oxygen atoms in total. The molecule has 4 heteroatoms. The maximum Gasteiger partial charge on any atom is 0.250 e. The maximum absolute atomic E-state index is 11.3. The van der Waals surface area contributed by atoms with Gasteiger partial charge in [0.2, 0.25) is 0 Å². The Balaban J connectivity index is 2.30. The van der Waals surface area contributed by atoms with Crippen LogP contribution in [0.5, 0.6) is 5.75 Å². The van der Waals surface area contributed by atoms with E-state index >= 15 is 0 Å². The van der Waals surface area contributed by atoms with E-state index in [0.717, 1.165) is 18.5 Å². The zero-order chi connectivity index (χ0) is 11.7. The summed E-state index contributed by atoms with van der Waals surface area (Å²) in [5.41, 5.74) is 6.53. The largest absolute Gasteiger partial charge is 0.489 e. The smallest absolute Gasteiger partial charge is 0.250 e. The van der Waals surface area contributed by atoms with Gasteiger partial charge in [-0.1, -0.05) is 13.8 Å². The van der Waals surface area contributed by atoms with Crippen LogP contribution in [-0.4, -0.2) is 17.0 Å². The molecule has 0 atom stereocenters. The van der Waals surface area contributed by atoms with Gasteiger partial charge in [0.1, 0.15) is 5.75 Å². The van der Waals surface area contributed by atoms with E-state index < -0.39 is 5.91 Å². The molecule has 0 spiro atoms. The van der Waals surface area contributed by atoms with Gasteiger partial charge >= 0.3 is 0 Å². The van der Waals surface area contributed by atoms with Crippen molar-refractivity contribution >= 4 is 5.91 Å². The first kappa shape index (κ1) is 10.9. The lowest BCUT2D eigenvalue weighted by Crippen LogP contribution is -2.16. The maximum atomic E-state index is 11.3. The third-order valence-electron chi connectivity index (χ3n) is 2.53. The third kappa shape index (κ3) is 2.32. The SMILES string of the molecule is CC(C)c1ncc(OC2CC2)cc1C(N)=O. The van der Waals surface area contributed by atoms with E-state index in [9.17, 15) is 4.79 Å². The van der Waals surface area contributed by atoms with Crippen molar-refractivity contribution < 1.29 is 9.53 Å². The fraction of sp³-hybridized carbons (Fsp3) is 0.500. The summed E-state index contributed by atoms with van der Waals surface area (Å²) < 4.78 is 5.58. The number of nitrogens with two attached hydrogens (primary N) is 1. The molecule has 16 heavy (non-hydrogen) atoms. The predicted molar refractivity (Wildman–Crippen MR) is 60.5 cm³/mol. The number of carbonyl (C=O) groups is 1. The lowest BCUT2D eigenvalue weighted by atomic mass is 10.0. The normalized spacial score (nSPS) is 15.2. The molecule has 2 rings (SSSR count). The molecule has 1 fully saturated rings. The van der Waals surface area contributed by atoms with E-state index in [0.29, 0.717) is 17.4 Å². The molecular weight excluding hydrogens is 204 g/mol. The highest BCUT2D eigenvalue weighted by Crippen LogP contribution is 2.28. The quantitative estimate of drug-likeness (QED) is 0.842. The molecule has 0 aliphatic heterocycles. The molecule has 1 aromatic rings.